The highest BCUT2D eigenvalue weighted by atomic mass is 15.2. The topological polar surface area (TPSA) is 3.24 Å². The van der Waals surface area contributed by atoms with Crippen molar-refractivity contribution in [1.29, 1.82) is 0 Å². The number of likely N-dealkylation sites (tertiary alicyclic amines) is 1. The van der Waals surface area contributed by atoms with Gasteiger partial charge in [-0.25, -0.2) is 0 Å². The molecule has 0 bridgehead atoms. The van der Waals surface area contributed by atoms with Crippen LogP contribution in [0.4, 0.5) is 0 Å². The Bertz CT molecular complexity index is 174. The zero-order valence-corrected chi connectivity index (χ0v) is 9.34. The molecule has 1 heteroatoms. The summed E-state index contributed by atoms with van der Waals surface area (Å²) >= 11 is 0. The van der Waals surface area contributed by atoms with Gasteiger partial charge in [0.2, 0.25) is 0 Å². The zero-order valence-electron chi connectivity index (χ0n) is 9.34. The number of rotatable bonds is 3. The minimum atomic E-state index is 0.788. The van der Waals surface area contributed by atoms with Crippen LogP contribution in [-0.2, 0) is 0 Å². The molecule has 0 amide bonds. The van der Waals surface area contributed by atoms with Gasteiger partial charge in [0.15, 0.2) is 0 Å². The fourth-order valence-corrected chi connectivity index (χ4v) is 2.03. The summed E-state index contributed by atoms with van der Waals surface area (Å²) in [5.74, 6) is 0.890. The smallest absolute Gasteiger partial charge is 0.00672 e. The van der Waals surface area contributed by atoms with Gasteiger partial charge in [-0.3, -0.25) is 0 Å². The minimum Gasteiger partial charge on any atom is -0.300 e. The Kier molecular flexibility index (Phi) is 3.98. The first-order chi connectivity index (χ1) is 6.09. The Hall–Kier alpha value is -0.300. The first-order valence-electron chi connectivity index (χ1n) is 5.48. The third kappa shape index (κ3) is 3.51. The van der Waals surface area contributed by atoms with Crippen LogP contribution in [0.3, 0.4) is 0 Å². The molecule has 0 aromatic carbocycles. The molecule has 0 spiro atoms. The van der Waals surface area contributed by atoms with Crippen LogP contribution < -0.4 is 0 Å². The fourth-order valence-electron chi connectivity index (χ4n) is 2.03. The highest BCUT2D eigenvalue weighted by Crippen LogP contribution is 2.21. The van der Waals surface area contributed by atoms with Crippen LogP contribution in [0.1, 0.15) is 40.0 Å². The molecule has 1 saturated heterocycles. The molecule has 0 radical (unpaired) electrons. The van der Waals surface area contributed by atoms with Crippen molar-refractivity contribution in [2.45, 2.75) is 46.1 Å². The van der Waals surface area contributed by atoms with Crippen LogP contribution >= 0.6 is 0 Å². The van der Waals surface area contributed by atoms with Crippen molar-refractivity contribution in [3.63, 3.8) is 0 Å². The molecule has 0 aromatic heterocycles. The predicted octanol–water partition coefficient (Wildman–Crippen LogP) is 3.07. The fraction of sp³-hybridized carbons (Fsp3) is 0.833. The molecular weight excluding hydrogens is 158 g/mol. The van der Waals surface area contributed by atoms with Gasteiger partial charge in [-0.1, -0.05) is 12.5 Å². The number of piperidine rings is 1. The van der Waals surface area contributed by atoms with Gasteiger partial charge >= 0.3 is 0 Å². The van der Waals surface area contributed by atoms with E-state index in [1.54, 1.807) is 0 Å². The Balaban J connectivity index is 2.33. The predicted molar refractivity (Wildman–Crippen MR) is 58.9 cm³/mol. The first kappa shape index (κ1) is 10.8. The van der Waals surface area contributed by atoms with E-state index in [-0.39, 0.29) is 0 Å². The van der Waals surface area contributed by atoms with Crippen molar-refractivity contribution in [3.05, 3.63) is 12.2 Å². The van der Waals surface area contributed by atoms with Crippen molar-refractivity contribution >= 4 is 0 Å². The maximum Gasteiger partial charge on any atom is 0.00672 e. The Morgan fingerprint density at radius 2 is 2.08 bits per heavy atom. The average molecular weight is 181 g/mol. The molecule has 76 valence electrons. The Morgan fingerprint density at radius 3 is 2.69 bits per heavy atom. The summed E-state index contributed by atoms with van der Waals surface area (Å²) in [5, 5.41) is 0. The lowest BCUT2D eigenvalue weighted by atomic mass is 9.95. The van der Waals surface area contributed by atoms with Crippen molar-refractivity contribution in [1.82, 2.24) is 4.90 Å². The van der Waals surface area contributed by atoms with E-state index in [2.05, 4.69) is 32.3 Å². The van der Waals surface area contributed by atoms with Gasteiger partial charge < -0.3 is 4.90 Å². The van der Waals surface area contributed by atoms with Crippen molar-refractivity contribution in [2.75, 3.05) is 13.1 Å². The molecule has 1 aliphatic heterocycles. The maximum absolute atomic E-state index is 3.96. The van der Waals surface area contributed by atoms with Gasteiger partial charge in [0, 0.05) is 19.1 Å². The highest BCUT2D eigenvalue weighted by molar-refractivity contribution is 4.90. The number of nitrogens with zero attached hydrogens (tertiary/aromatic N) is 1. The lowest BCUT2D eigenvalue weighted by Crippen LogP contribution is -2.41. The minimum absolute atomic E-state index is 0.788. The standard InChI is InChI=1S/C12H23N/c1-10(2)7-8-13-9-11(3)5-6-12(13)4/h11-12H,1,5-9H2,2-4H3. The Labute approximate surface area is 82.8 Å². The van der Waals surface area contributed by atoms with E-state index in [0.717, 1.165) is 18.4 Å². The van der Waals surface area contributed by atoms with Crippen molar-refractivity contribution in [3.8, 4) is 0 Å². The van der Waals surface area contributed by atoms with Gasteiger partial charge in [-0.2, -0.15) is 0 Å². The quantitative estimate of drug-likeness (QED) is 0.605. The normalized spacial score (nSPS) is 30.4. The summed E-state index contributed by atoms with van der Waals surface area (Å²) in [6, 6.07) is 0.788. The lowest BCUT2D eigenvalue weighted by Gasteiger charge is -2.36. The largest absolute Gasteiger partial charge is 0.300 e. The number of hydrogen-bond donors (Lipinski definition) is 0. The molecule has 0 saturated carbocycles. The second-order valence-corrected chi connectivity index (χ2v) is 4.73. The second-order valence-electron chi connectivity index (χ2n) is 4.73. The van der Waals surface area contributed by atoms with Crippen LogP contribution in [0.5, 0.6) is 0 Å². The van der Waals surface area contributed by atoms with E-state index in [9.17, 15) is 0 Å². The molecule has 0 N–H and O–H groups in total. The third-order valence-electron chi connectivity index (χ3n) is 3.07. The molecule has 1 fully saturated rings. The lowest BCUT2D eigenvalue weighted by molar-refractivity contribution is 0.126. The van der Waals surface area contributed by atoms with Crippen molar-refractivity contribution < 1.29 is 0 Å². The average Bonchev–Trinajstić information content (AvgIpc) is 2.06. The molecule has 1 rings (SSSR count). The molecule has 1 heterocycles. The van der Waals surface area contributed by atoms with Crippen LogP contribution in [0, 0.1) is 5.92 Å². The van der Waals surface area contributed by atoms with E-state index < -0.39 is 0 Å². The number of hydrogen-bond acceptors (Lipinski definition) is 1. The van der Waals surface area contributed by atoms with Crippen LogP contribution in [0.2, 0.25) is 0 Å². The Morgan fingerprint density at radius 1 is 1.38 bits per heavy atom. The van der Waals surface area contributed by atoms with Crippen LogP contribution in [0.15, 0.2) is 12.2 Å². The maximum atomic E-state index is 3.96. The van der Waals surface area contributed by atoms with Gasteiger partial charge in [0.1, 0.15) is 0 Å². The summed E-state index contributed by atoms with van der Waals surface area (Å²) in [6.45, 7) is 13.3. The van der Waals surface area contributed by atoms with E-state index in [1.165, 1.54) is 31.5 Å². The SMILES string of the molecule is C=C(C)CCN1CC(C)CCC1C. The molecule has 13 heavy (non-hydrogen) atoms. The van der Waals surface area contributed by atoms with Crippen LogP contribution in [0.25, 0.3) is 0 Å². The van der Waals surface area contributed by atoms with Gasteiger partial charge in [0.25, 0.3) is 0 Å². The third-order valence-corrected chi connectivity index (χ3v) is 3.07. The highest BCUT2D eigenvalue weighted by Gasteiger charge is 2.21. The summed E-state index contributed by atoms with van der Waals surface area (Å²) in [4.78, 5) is 2.61. The molecule has 1 aliphatic rings. The summed E-state index contributed by atoms with van der Waals surface area (Å²) in [5.41, 5.74) is 1.31. The van der Waals surface area contributed by atoms with E-state index in [4.69, 9.17) is 0 Å². The molecular formula is C12H23N. The first-order valence-corrected chi connectivity index (χ1v) is 5.48. The molecule has 0 aromatic rings. The zero-order chi connectivity index (χ0) is 9.84. The molecule has 2 unspecified atom stereocenters. The van der Waals surface area contributed by atoms with Crippen molar-refractivity contribution in [2.24, 2.45) is 5.92 Å². The van der Waals surface area contributed by atoms with Gasteiger partial charge in [0.05, 0.1) is 0 Å². The monoisotopic (exact) mass is 181 g/mol. The van der Waals surface area contributed by atoms with E-state index in [0.29, 0.717) is 0 Å². The molecule has 2 atom stereocenters. The summed E-state index contributed by atoms with van der Waals surface area (Å²) in [6.07, 6.45) is 3.94. The van der Waals surface area contributed by atoms with Crippen LogP contribution in [-0.4, -0.2) is 24.0 Å². The second kappa shape index (κ2) is 4.80. The van der Waals surface area contributed by atoms with E-state index >= 15 is 0 Å². The molecule has 1 nitrogen and oxygen atoms in total. The van der Waals surface area contributed by atoms with E-state index in [1.807, 2.05) is 0 Å². The molecule has 0 aliphatic carbocycles. The van der Waals surface area contributed by atoms with Gasteiger partial charge in [-0.15, -0.1) is 6.58 Å². The van der Waals surface area contributed by atoms with Gasteiger partial charge in [-0.05, 0) is 39.0 Å². The summed E-state index contributed by atoms with van der Waals surface area (Å²) in [7, 11) is 0. The summed E-state index contributed by atoms with van der Waals surface area (Å²) < 4.78 is 0.